The van der Waals surface area contributed by atoms with Crippen molar-refractivity contribution in [3.05, 3.63) is 65.5 Å². The smallest absolute Gasteiger partial charge is 0.245 e. The molecule has 0 spiro atoms. The summed E-state index contributed by atoms with van der Waals surface area (Å²) in [4.78, 5) is 4.69. The van der Waals surface area contributed by atoms with Gasteiger partial charge in [0.25, 0.3) is 0 Å². The topological polar surface area (TPSA) is 76.3 Å². The summed E-state index contributed by atoms with van der Waals surface area (Å²) in [7, 11) is -3.61. The van der Waals surface area contributed by atoms with Gasteiger partial charge < -0.3 is 4.52 Å². The Kier molecular flexibility index (Phi) is 4.52. The molecule has 0 aliphatic carbocycles. The molecule has 0 N–H and O–H groups in total. The lowest BCUT2D eigenvalue weighted by Crippen LogP contribution is -2.30. The molecular weight excluding hydrogens is 374 g/mol. The van der Waals surface area contributed by atoms with Crippen LogP contribution < -0.4 is 0 Å². The Labute approximate surface area is 156 Å². The van der Waals surface area contributed by atoms with Gasteiger partial charge in [-0.3, -0.25) is 0 Å². The Morgan fingerprint density at radius 2 is 1.81 bits per heavy atom. The van der Waals surface area contributed by atoms with E-state index in [-0.39, 0.29) is 4.90 Å². The first kappa shape index (κ1) is 17.2. The van der Waals surface area contributed by atoms with Crippen molar-refractivity contribution in [2.75, 3.05) is 6.54 Å². The summed E-state index contributed by atoms with van der Waals surface area (Å²) in [5, 5.41) is 4.62. The standard InChI is InChI=1S/C18H16ClN3O3S/c19-14-10-8-13(9-11-14)17-20-18(25-21-17)16-7-4-12-22(16)26(23,24)15-5-2-1-3-6-15/h1-3,5-6,8-11,16H,4,7,12H2. The van der Waals surface area contributed by atoms with Crippen molar-refractivity contribution in [1.82, 2.24) is 14.4 Å². The number of rotatable bonds is 4. The summed E-state index contributed by atoms with van der Waals surface area (Å²) in [6, 6.07) is 15.0. The summed E-state index contributed by atoms with van der Waals surface area (Å²) >= 11 is 5.90. The maximum absolute atomic E-state index is 13.0. The maximum atomic E-state index is 13.0. The molecule has 2 aromatic carbocycles. The second kappa shape index (κ2) is 6.83. The Morgan fingerprint density at radius 3 is 2.54 bits per heavy atom. The molecule has 1 saturated heterocycles. The summed E-state index contributed by atoms with van der Waals surface area (Å²) in [5.41, 5.74) is 0.764. The Bertz CT molecular complexity index is 1000. The van der Waals surface area contributed by atoms with Gasteiger partial charge in [0.2, 0.25) is 21.7 Å². The first-order valence-corrected chi connectivity index (χ1v) is 10.0. The van der Waals surface area contributed by atoms with Crippen molar-refractivity contribution < 1.29 is 12.9 Å². The van der Waals surface area contributed by atoms with Crippen molar-refractivity contribution in [3.8, 4) is 11.4 Å². The molecule has 8 heteroatoms. The third-order valence-electron chi connectivity index (χ3n) is 4.38. The summed E-state index contributed by atoms with van der Waals surface area (Å²) in [6.45, 7) is 0.431. The average molecular weight is 390 g/mol. The van der Waals surface area contributed by atoms with Gasteiger partial charge >= 0.3 is 0 Å². The summed E-state index contributed by atoms with van der Waals surface area (Å²) < 4.78 is 32.7. The average Bonchev–Trinajstić information content (AvgIpc) is 3.32. The van der Waals surface area contributed by atoms with Crippen molar-refractivity contribution in [3.63, 3.8) is 0 Å². The van der Waals surface area contributed by atoms with Gasteiger partial charge in [-0.2, -0.15) is 9.29 Å². The number of hydrogen-bond acceptors (Lipinski definition) is 5. The molecule has 2 heterocycles. The zero-order chi connectivity index (χ0) is 18.1. The SMILES string of the molecule is O=S(=O)(c1ccccc1)N1CCCC1c1nc(-c2ccc(Cl)cc2)no1. The van der Waals surface area contributed by atoms with Crippen LogP contribution in [0.4, 0.5) is 0 Å². The predicted molar refractivity (Wildman–Crippen MR) is 97.1 cm³/mol. The molecule has 1 aliphatic rings. The molecule has 1 aliphatic heterocycles. The third kappa shape index (κ3) is 3.13. The van der Waals surface area contributed by atoms with Gasteiger partial charge in [0, 0.05) is 17.1 Å². The van der Waals surface area contributed by atoms with Crippen molar-refractivity contribution in [1.29, 1.82) is 0 Å². The van der Waals surface area contributed by atoms with Crippen LogP contribution in [-0.4, -0.2) is 29.4 Å². The first-order chi connectivity index (χ1) is 12.6. The van der Waals surface area contributed by atoms with Gasteiger partial charge in [-0.05, 0) is 49.2 Å². The van der Waals surface area contributed by atoms with Gasteiger partial charge in [0.05, 0.1) is 4.90 Å². The van der Waals surface area contributed by atoms with Crippen LogP contribution in [0.15, 0.2) is 64.0 Å². The second-order valence-corrected chi connectivity index (χ2v) is 8.38. The molecular formula is C18H16ClN3O3S. The minimum atomic E-state index is -3.61. The highest BCUT2D eigenvalue weighted by Crippen LogP contribution is 2.36. The molecule has 26 heavy (non-hydrogen) atoms. The molecule has 6 nitrogen and oxygen atoms in total. The van der Waals surface area contributed by atoms with Gasteiger partial charge in [0.1, 0.15) is 6.04 Å². The van der Waals surface area contributed by atoms with Crippen molar-refractivity contribution in [2.24, 2.45) is 0 Å². The summed E-state index contributed by atoms with van der Waals surface area (Å²) in [6.07, 6.45) is 1.39. The molecule has 134 valence electrons. The zero-order valence-electron chi connectivity index (χ0n) is 13.7. The highest BCUT2D eigenvalue weighted by Gasteiger charge is 2.39. The van der Waals surface area contributed by atoms with E-state index >= 15 is 0 Å². The lowest BCUT2D eigenvalue weighted by atomic mass is 10.2. The quantitative estimate of drug-likeness (QED) is 0.676. The largest absolute Gasteiger partial charge is 0.337 e. The van der Waals surface area contributed by atoms with Crippen LogP contribution in [0.3, 0.4) is 0 Å². The van der Waals surface area contributed by atoms with Crippen LogP contribution in [0.1, 0.15) is 24.8 Å². The molecule has 0 saturated carbocycles. The third-order valence-corrected chi connectivity index (χ3v) is 6.56. The van der Waals surface area contributed by atoms with E-state index in [1.54, 1.807) is 54.6 Å². The van der Waals surface area contributed by atoms with Crippen LogP contribution in [0, 0.1) is 0 Å². The Balaban J connectivity index is 1.64. The Morgan fingerprint density at radius 1 is 1.08 bits per heavy atom. The minimum absolute atomic E-state index is 0.268. The van der Waals surface area contributed by atoms with Gasteiger partial charge in [-0.25, -0.2) is 8.42 Å². The zero-order valence-corrected chi connectivity index (χ0v) is 15.3. The van der Waals surface area contributed by atoms with E-state index in [1.165, 1.54) is 4.31 Å². The molecule has 0 radical (unpaired) electrons. The fraction of sp³-hybridized carbons (Fsp3) is 0.222. The van der Waals surface area contributed by atoms with Crippen LogP contribution in [0.2, 0.25) is 5.02 Å². The molecule has 1 fully saturated rings. The predicted octanol–water partition coefficient (Wildman–Crippen LogP) is 3.92. The number of hydrogen-bond donors (Lipinski definition) is 0. The van der Waals surface area contributed by atoms with Gasteiger partial charge in [-0.1, -0.05) is 35.0 Å². The first-order valence-electron chi connectivity index (χ1n) is 8.22. The molecule has 4 rings (SSSR count). The fourth-order valence-electron chi connectivity index (χ4n) is 3.09. The molecule has 1 aromatic heterocycles. The number of aromatic nitrogens is 2. The molecule has 1 atom stereocenters. The molecule has 1 unspecified atom stereocenters. The van der Waals surface area contributed by atoms with Crippen LogP contribution >= 0.6 is 11.6 Å². The normalized spacial score (nSPS) is 18.3. The van der Waals surface area contributed by atoms with Crippen molar-refractivity contribution >= 4 is 21.6 Å². The fourth-order valence-corrected chi connectivity index (χ4v) is 4.89. The van der Waals surface area contributed by atoms with E-state index in [0.717, 1.165) is 12.0 Å². The number of halogens is 1. The lowest BCUT2D eigenvalue weighted by Gasteiger charge is -2.21. The van der Waals surface area contributed by atoms with E-state index in [2.05, 4.69) is 10.1 Å². The van der Waals surface area contributed by atoms with Crippen LogP contribution in [0.25, 0.3) is 11.4 Å². The lowest BCUT2D eigenvalue weighted by molar-refractivity contribution is 0.290. The Hall–Kier alpha value is -2.22. The maximum Gasteiger partial charge on any atom is 0.245 e. The van der Waals surface area contributed by atoms with Crippen molar-refractivity contribution in [2.45, 2.75) is 23.8 Å². The second-order valence-electron chi connectivity index (χ2n) is 6.05. The minimum Gasteiger partial charge on any atom is -0.337 e. The van der Waals surface area contributed by atoms with Crippen LogP contribution in [0.5, 0.6) is 0 Å². The summed E-state index contributed by atoms with van der Waals surface area (Å²) in [5.74, 6) is 0.729. The van der Waals surface area contributed by atoms with E-state index in [4.69, 9.17) is 16.1 Å². The highest BCUT2D eigenvalue weighted by atomic mass is 35.5. The number of sulfonamides is 1. The molecule has 0 amide bonds. The van der Waals surface area contributed by atoms with E-state index in [9.17, 15) is 8.42 Å². The highest BCUT2D eigenvalue weighted by molar-refractivity contribution is 7.89. The molecule has 3 aromatic rings. The van der Waals surface area contributed by atoms with Gasteiger partial charge in [0.15, 0.2) is 0 Å². The number of nitrogens with zero attached hydrogens (tertiary/aromatic N) is 3. The monoisotopic (exact) mass is 389 g/mol. The van der Waals surface area contributed by atoms with E-state index < -0.39 is 16.1 Å². The number of benzene rings is 2. The molecule has 0 bridgehead atoms. The van der Waals surface area contributed by atoms with Gasteiger partial charge in [-0.15, -0.1) is 0 Å². The van der Waals surface area contributed by atoms with E-state index in [0.29, 0.717) is 29.7 Å². The van der Waals surface area contributed by atoms with Crippen LogP contribution in [-0.2, 0) is 10.0 Å². The van der Waals surface area contributed by atoms with E-state index in [1.807, 2.05) is 0 Å².